The largest absolute Gasteiger partial charge is 0.344 e. The summed E-state index contributed by atoms with van der Waals surface area (Å²) in [6, 6.07) is 8.07. The van der Waals surface area contributed by atoms with Crippen molar-refractivity contribution in [3.05, 3.63) is 45.8 Å². The summed E-state index contributed by atoms with van der Waals surface area (Å²) in [5, 5.41) is 8.17. The Kier molecular flexibility index (Phi) is 31.4. The van der Waals surface area contributed by atoms with Gasteiger partial charge in [0.15, 0.2) is 0 Å². The molecule has 84 valence electrons. The molecular weight excluding hydrogens is 259 g/mol. The maximum absolute atomic E-state index is 2.04. The van der Waals surface area contributed by atoms with Crippen LogP contribution >= 0.6 is 47.5 Å². The molecule has 0 saturated heterocycles. The normalized spacial score (nSPS) is 5.71. The monoisotopic (exact) mass is 274 g/mol. The third kappa shape index (κ3) is 14.4. The van der Waals surface area contributed by atoms with Crippen LogP contribution in [0.2, 0.25) is 0 Å². The maximum atomic E-state index is 2.04. The van der Waals surface area contributed by atoms with Crippen LogP contribution in [0.4, 0.5) is 0 Å². The number of halogens is 2. The SMILES string of the molecule is Cl.Cl.N.N.c1ccsc1.c1ccsc1. The Labute approximate surface area is 105 Å². The lowest BCUT2D eigenvalue weighted by molar-refractivity contribution is 2.03. The molecule has 0 saturated carbocycles. The van der Waals surface area contributed by atoms with Crippen molar-refractivity contribution in [2.24, 2.45) is 0 Å². The fourth-order valence-electron chi connectivity index (χ4n) is 0.454. The molecule has 0 bridgehead atoms. The summed E-state index contributed by atoms with van der Waals surface area (Å²) in [6.45, 7) is 0. The molecule has 2 nitrogen and oxygen atoms in total. The highest BCUT2D eigenvalue weighted by Gasteiger charge is 1.59. The van der Waals surface area contributed by atoms with Gasteiger partial charge in [-0.25, -0.2) is 0 Å². The van der Waals surface area contributed by atoms with E-state index < -0.39 is 0 Å². The predicted molar refractivity (Wildman–Crippen MR) is 73.2 cm³/mol. The molecule has 2 heterocycles. The lowest BCUT2D eigenvalue weighted by atomic mass is 10.7. The van der Waals surface area contributed by atoms with Gasteiger partial charge in [-0.1, -0.05) is 24.3 Å². The topological polar surface area (TPSA) is 70.0 Å². The van der Waals surface area contributed by atoms with Gasteiger partial charge < -0.3 is 12.3 Å². The van der Waals surface area contributed by atoms with Crippen LogP contribution in [0.25, 0.3) is 0 Å². The van der Waals surface area contributed by atoms with Gasteiger partial charge in [0.25, 0.3) is 0 Å². The van der Waals surface area contributed by atoms with E-state index in [1.807, 2.05) is 45.8 Å². The molecule has 6 heteroatoms. The van der Waals surface area contributed by atoms with E-state index in [9.17, 15) is 0 Å². The van der Waals surface area contributed by atoms with Gasteiger partial charge in [0.1, 0.15) is 0 Å². The lowest BCUT2D eigenvalue weighted by Crippen LogP contribution is -1.16. The molecule has 0 aliphatic carbocycles. The van der Waals surface area contributed by atoms with Gasteiger partial charge in [-0.3, -0.25) is 0 Å². The highest BCUT2D eigenvalue weighted by atomic mass is 35.5. The van der Waals surface area contributed by atoms with E-state index in [0.29, 0.717) is 0 Å². The molecule has 0 unspecified atom stereocenters. The standard InChI is InChI=1S/2C4H4S.2ClH.2H3N/c2*1-2-4-5-3-1;;;;/h2*1-4H;2*1H;2*1H3. The Hall–Kier alpha value is -0.100. The van der Waals surface area contributed by atoms with Crippen molar-refractivity contribution in [2.45, 2.75) is 0 Å². The van der Waals surface area contributed by atoms with Crippen molar-refractivity contribution < 1.29 is 0 Å². The minimum absolute atomic E-state index is 0. The molecule has 0 radical (unpaired) electrons. The smallest absolute Gasteiger partial charge is 0.00934 e. The van der Waals surface area contributed by atoms with E-state index in [1.165, 1.54) is 0 Å². The number of rotatable bonds is 0. The Bertz CT molecular complexity index is 163. The van der Waals surface area contributed by atoms with Gasteiger partial charge >= 0.3 is 0 Å². The van der Waals surface area contributed by atoms with Crippen LogP contribution in [-0.2, 0) is 0 Å². The number of hydrogen-bond acceptors (Lipinski definition) is 4. The summed E-state index contributed by atoms with van der Waals surface area (Å²) >= 11 is 3.43. The molecule has 0 spiro atoms. The molecule has 0 fully saturated rings. The molecule has 0 aliphatic heterocycles. The van der Waals surface area contributed by atoms with Crippen molar-refractivity contribution in [3.8, 4) is 0 Å². The molecule has 6 N–H and O–H groups in total. The predicted octanol–water partition coefficient (Wildman–Crippen LogP) is 4.66. The molecule has 2 aromatic heterocycles. The maximum Gasteiger partial charge on any atom is -0.00934 e. The van der Waals surface area contributed by atoms with Crippen LogP contribution in [0.15, 0.2) is 45.8 Å². The molecule has 0 aliphatic rings. The van der Waals surface area contributed by atoms with E-state index in [2.05, 4.69) is 0 Å². The molecule has 2 aromatic rings. The lowest BCUT2D eigenvalue weighted by Gasteiger charge is -1.39. The first-order valence-corrected chi connectivity index (χ1v) is 4.83. The average molecular weight is 275 g/mol. The van der Waals surface area contributed by atoms with Crippen LogP contribution < -0.4 is 12.3 Å². The van der Waals surface area contributed by atoms with E-state index in [1.54, 1.807) is 22.7 Å². The third-order valence-electron chi connectivity index (χ3n) is 0.851. The Morgan fingerprint density at radius 2 is 0.714 bits per heavy atom. The van der Waals surface area contributed by atoms with Crippen LogP contribution in [0.3, 0.4) is 0 Å². The summed E-state index contributed by atoms with van der Waals surface area (Å²) in [7, 11) is 0. The average Bonchev–Trinajstić information content (AvgIpc) is 2.67. The number of hydrogen-bond donors (Lipinski definition) is 2. The van der Waals surface area contributed by atoms with Crippen molar-refractivity contribution >= 4 is 47.5 Å². The first-order valence-electron chi connectivity index (χ1n) is 2.94. The minimum Gasteiger partial charge on any atom is -0.344 e. The summed E-state index contributed by atoms with van der Waals surface area (Å²) in [5.41, 5.74) is 0. The molecular formula is C8H16Cl2N2S2. The second-order valence-electron chi connectivity index (χ2n) is 1.59. The van der Waals surface area contributed by atoms with Gasteiger partial charge in [-0.15, -0.1) is 24.8 Å². The Balaban J connectivity index is -0.0000000556. The molecule has 0 atom stereocenters. The fourth-order valence-corrected chi connectivity index (χ4v) is 1.36. The third-order valence-corrected chi connectivity index (χ3v) is 2.11. The highest BCUT2D eigenvalue weighted by molar-refractivity contribution is 7.08. The summed E-state index contributed by atoms with van der Waals surface area (Å²) < 4.78 is 0. The van der Waals surface area contributed by atoms with E-state index in [4.69, 9.17) is 0 Å². The van der Waals surface area contributed by atoms with Crippen molar-refractivity contribution in [3.63, 3.8) is 0 Å². The summed E-state index contributed by atoms with van der Waals surface area (Å²) in [4.78, 5) is 0. The van der Waals surface area contributed by atoms with Gasteiger partial charge in [-0.05, 0) is 21.5 Å². The minimum atomic E-state index is 0. The van der Waals surface area contributed by atoms with E-state index in [-0.39, 0.29) is 37.1 Å². The number of thiophene rings is 2. The van der Waals surface area contributed by atoms with Crippen molar-refractivity contribution in [1.82, 2.24) is 12.3 Å². The molecule has 0 aromatic carbocycles. The summed E-state index contributed by atoms with van der Waals surface area (Å²) in [6.07, 6.45) is 0. The molecule has 0 amide bonds. The highest BCUT2D eigenvalue weighted by Crippen LogP contribution is 1.92. The van der Waals surface area contributed by atoms with Gasteiger partial charge in [-0.2, -0.15) is 22.7 Å². The van der Waals surface area contributed by atoms with Crippen LogP contribution in [0, 0.1) is 0 Å². The van der Waals surface area contributed by atoms with Crippen molar-refractivity contribution in [2.75, 3.05) is 0 Å². The quantitative estimate of drug-likeness (QED) is 0.733. The first kappa shape index (κ1) is 23.6. The zero-order chi connectivity index (χ0) is 7.07. The second-order valence-corrected chi connectivity index (χ2v) is 3.22. The van der Waals surface area contributed by atoms with Crippen LogP contribution in [0.1, 0.15) is 0 Å². The van der Waals surface area contributed by atoms with Gasteiger partial charge in [0, 0.05) is 0 Å². The van der Waals surface area contributed by atoms with Gasteiger partial charge in [0.05, 0.1) is 0 Å². The fraction of sp³-hybridized carbons (Fsp3) is 0. The van der Waals surface area contributed by atoms with Crippen LogP contribution in [-0.4, -0.2) is 0 Å². The zero-order valence-corrected chi connectivity index (χ0v) is 10.9. The summed E-state index contributed by atoms with van der Waals surface area (Å²) in [5.74, 6) is 0. The van der Waals surface area contributed by atoms with Crippen LogP contribution in [0.5, 0.6) is 0 Å². The molecule has 2 rings (SSSR count). The van der Waals surface area contributed by atoms with Crippen molar-refractivity contribution in [1.29, 1.82) is 0 Å². The Morgan fingerprint density at radius 3 is 0.786 bits per heavy atom. The second kappa shape index (κ2) is 18.6. The first-order chi connectivity index (χ1) is 5.00. The van der Waals surface area contributed by atoms with E-state index >= 15 is 0 Å². The van der Waals surface area contributed by atoms with Gasteiger partial charge in [0.2, 0.25) is 0 Å². The van der Waals surface area contributed by atoms with E-state index in [0.717, 1.165) is 0 Å². The molecule has 14 heavy (non-hydrogen) atoms. The Morgan fingerprint density at radius 1 is 0.500 bits per heavy atom. The zero-order valence-electron chi connectivity index (χ0n) is 7.67.